The van der Waals surface area contributed by atoms with Gasteiger partial charge < -0.3 is 10.3 Å². The monoisotopic (exact) mass is 264 g/mol. The molecule has 0 saturated carbocycles. The molecule has 0 bridgehead atoms. The van der Waals surface area contributed by atoms with Crippen LogP contribution in [0.15, 0.2) is 47.6 Å². The van der Waals surface area contributed by atoms with Crippen molar-refractivity contribution in [3.63, 3.8) is 0 Å². The zero-order chi connectivity index (χ0) is 12.8. The molecule has 0 aliphatic carbocycles. The minimum Gasteiger partial charge on any atom is -0.367 e. The maximum Gasteiger partial charge on any atom is 0.230 e. The number of carbonyl (C=O) groups is 1. The van der Waals surface area contributed by atoms with Gasteiger partial charge in [-0.15, -0.1) is 11.8 Å². The molecule has 3 nitrogen and oxygen atoms in total. The minimum atomic E-state index is -0.267. The molecule has 1 aromatic heterocycles. The Morgan fingerprint density at radius 1 is 1.28 bits per heavy atom. The highest BCUT2D eigenvalue weighted by molar-refractivity contribution is 8.00. The fourth-order valence-electron chi connectivity index (χ4n) is 1.40. The molecule has 0 atom stereocenters. The van der Waals surface area contributed by atoms with Crippen LogP contribution < -0.4 is 5.32 Å². The molecule has 1 amide bonds. The number of benzene rings is 1. The molecule has 1 aromatic carbocycles. The summed E-state index contributed by atoms with van der Waals surface area (Å²) in [6.07, 6.45) is 3.65. The van der Waals surface area contributed by atoms with Gasteiger partial charge in [0.2, 0.25) is 5.91 Å². The maximum atomic E-state index is 12.7. The van der Waals surface area contributed by atoms with E-state index in [0.717, 1.165) is 10.5 Å². The summed E-state index contributed by atoms with van der Waals surface area (Å²) >= 11 is 1.39. The molecule has 2 aromatic rings. The largest absolute Gasteiger partial charge is 0.367 e. The van der Waals surface area contributed by atoms with Crippen molar-refractivity contribution in [2.75, 3.05) is 5.75 Å². The van der Waals surface area contributed by atoms with Crippen molar-refractivity contribution in [2.24, 2.45) is 0 Å². The van der Waals surface area contributed by atoms with Gasteiger partial charge >= 0.3 is 0 Å². The van der Waals surface area contributed by atoms with Gasteiger partial charge in [0.1, 0.15) is 5.82 Å². The van der Waals surface area contributed by atoms with E-state index in [4.69, 9.17) is 0 Å². The number of aromatic amines is 1. The molecule has 0 spiro atoms. The molecule has 2 N–H and O–H groups in total. The van der Waals surface area contributed by atoms with E-state index in [0.29, 0.717) is 12.3 Å². The average molecular weight is 264 g/mol. The molecule has 1 heterocycles. The number of H-pyrrole nitrogens is 1. The lowest BCUT2D eigenvalue weighted by Crippen LogP contribution is -2.24. The summed E-state index contributed by atoms with van der Waals surface area (Å²) in [5.74, 6) is 0.0255. The van der Waals surface area contributed by atoms with Crippen LogP contribution in [-0.4, -0.2) is 16.6 Å². The standard InChI is InChI=1S/C13H13FN2OS/c14-11-1-3-12(4-2-11)18-9-13(17)16-8-10-5-6-15-7-10/h1-7,15H,8-9H2,(H,16,17). The van der Waals surface area contributed by atoms with Gasteiger partial charge in [-0.2, -0.15) is 0 Å². The maximum absolute atomic E-state index is 12.7. The highest BCUT2D eigenvalue weighted by Gasteiger charge is 2.03. The van der Waals surface area contributed by atoms with E-state index >= 15 is 0 Å². The minimum absolute atomic E-state index is 0.0366. The van der Waals surface area contributed by atoms with Gasteiger partial charge in [-0.05, 0) is 35.9 Å². The lowest BCUT2D eigenvalue weighted by atomic mass is 10.3. The highest BCUT2D eigenvalue weighted by atomic mass is 32.2. The summed E-state index contributed by atoms with van der Waals surface area (Å²) in [6, 6.07) is 8.02. The Hall–Kier alpha value is -1.75. The number of hydrogen-bond donors (Lipinski definition) is 2. The van der Waals surface area contributed by atoms with E-state index in [2.05, 4.69) is 10.3 Å². The van der Waals surface area contributed by atoms with Crippen molar-refractivity contribution >= 4 is 17.7 Å². The summed E-state index contributed by atoms with van der Waals surface area (Å²) in [5, 5.41) is 2.81. The molecule has 0 aliphatic rings. The third kappa shape index (κ3) is 3.92. The van der Waals surface area contributed by atoms with E-state index in [1.807, 2.05) is 18.5 Å². The van der Waals surface area contributed by atoms with Crippen LogP contribution in [0.3, 0.4) is 0 Å². The Kier molecular flexibility index (Phi) is 4.41. The SMILES string of the molecule is O=C(CSc1ccc(F)cc1)NCc1cc[nH]c1. The smallest absolute Gasteiger partial charge is 0.230 e. The Morgan fingerprint density at radius 2 is 2.06 bits per heavy atom. The Labute approximate surface area is 109 Å². The van der Waals surface area contributed by atoms with Gasteiger partial charge in [-0.3, -0.25) is 4.79 Å². The number of amides is 1. The Bertz CT molecular complexity index is 496. The molecule has 5 heteroatoms. The van der Waals surface area contributed by atoms with Crippen LogP contribution in [-0.2, 0) is 11.3 Å². The van der Waals surface area contributed by atoms with E-state index < -0.39 is 0 Å². The quantitative estimate of drug-likeness (QED) is 0.815. The number of carbonyl (C=O) groups excluding carboxylic acids is 1. The molecule has 0 unspecified atom stereocenters. The van der Waals surface area contributed by atoms with Gasteiger partial charge in [0.05, 0.1) is 5.75 Å². The fraction of sp³-hybridized carbons (Fsp3) is 0.154. The molecular formula is C13H13FN2OS. The number of rotatable bonds is 5. The summed E-state index contributed by atoms with van der Waals surface area (Å²) in [4.78, 5) is 15.4. The second kappa shape index (κ2) is 6.26. The first-order valence-corrected chi connectivity index (χ1v) is 6.49. The third-order valence-electron chi connectivity index (χ3n) is 2.34. The van der Waals surface area contributed by atoms with Crippen molar-refractivity contribution in [2.45, 2.75) is 11.4 Å². The lowest BCUT2D eigenvalue weighted by molar-refractivity contribution is -0.118. The van der Waals surface area contributed by atoms with Gasteiger partial charge in [-0.25, -0.2) is 4.39 Å². The van der Waals surface area contributed by atoms with Crippen LogP contribution in [0.2, 0.25) is 0 Å². The molecule has 0 fully saturated rings. The Morgan fingerprint density at radius 3 is 2.72 bits per heavy atom. The predicted molar refractivity (Wildman–Crippen MR) is 69.8 cm³/mol. The van der Waals surface area contributed by atoms with E-state index in [9.17, 15) is 9.18 Å². The number of nitrogens with one attached hydrogen (secondary N) is 2. The van der Waals surface area contributed by atoms with Gasteiger partial charge in [0.15, 0.2) is 0 Å². The third-order valence-corrected chi connectivity index (χ3v) is 3.35. The number of hydrogen-bond acceptors (Lipinski definition) is 2. The molecule has 2 rings (SSSR count). The zero-order valence-electron chi connectivity index (χ0n) is 9.65. The molecule has 18 heavy (non-hydrogen) atoms. The first-order valence-electron chi connectivity index (χ1n) is 5.51. The Balaban J connectivity index is 1.73. The first-order chi connectivity index (χ1) is 8.74. The molecule has 94 valence electrons. The molecule has 0 saturated heterocycles. The van der Waals surface area contributed by atoms with Crippen LogP contribution in [0.25, 0.3) is 0 Å². The van der Waals surface area contributed by atoms with Crippen molar-refractivity contribution in [3.8, 4) is 0 Å². The molecule has 0 aliphatic heterocycles. The van der Waals surface area contributed by atoms with Gasteiger partial charge in [0.25, 0.3) is 0 Å². The predicted octanol–water partition coefficient (Wildman–Crippen LogP) is 2.56. The number of thioether (sulfide) groups is 1. The van der Waals surface area contributed by atoms with Crippen molar-refractivity contribution in [3.05, 3.63) is 54.1 Å². The van der Waals surface area contributed by atoms with Crippen LogP contribution in [0.5, 0.6) is 0 Å². The van der Waals surface area contributed by atoms with Crippen molar-refractivity contribution in [1.29, 1.82) is 0 Å². The zero-order valence-corrected chi connectivity index (χ0v) is 10.5. The molecular weight excluding hydrogens is 251 g/mol. The average Bonchev–Trinajstić information content (AvgIpc) is 2.89. The van der Waals surface area contributed by atoms with Gasteiger partial charge in [0, 0.05) is 23.8 Å². The van der Waals surface area contributed by atoms with Crippen LogP contribution in [0.4, 0.5) is 4.39 Å². The van der Waals surface area contributed by atoms with E-state index in [1.165, 1.54) is 23.9 Å². The lowest BCUT2D eigenvalue weighted by Gasteiger charge is -2.03. The van der Waals surface area contributed by atoms with Gasteiger partial charge in [-0.1, -0.05) is 0 Å². The fourth-order valence-corrected chi connectivity index (χ4v) is 2.13. The summed E-state index contributed by atoms with van der Waals surface area (Å²) in [6.45, 7) is 0.520. The number of aromatic nitrogens is 1. The summed E-state index contributed by atoms with van der Waals surface area (Å²) < 4.78 is 12.7. The molecule has 0 radical (unpaired) electrons. The first kappa shape index (κ1) is 12.7. The summed E-state index contributed by atoms with van der Waals surface area (Å²) in [5.41, 5.74) is 1.04. The van der Waals surface area contributed by atoms with Crippen LogP contribution in [0.1, 0.15) is 5.56 Å². The van der Waals surface area contributed by atoms with Crippen molar-refractivity contribution < 1.29 is 9.18 Å². The second-order valence-electron chi connectivity index (χ2n) is 3.74. The van der Waals surface area contributed by atoms with Crippen LogP contribution in [0, 0.1) is 5.82 Å². The second-order valence-corrected chi connectivity index (χ2v) is 4.79. The highest BCUT2D eigenvalue weighted by Crippen LogP contribution is 2.17. The van der Waals surface area contributed by atoms with Crippen molar-refractivity contribution in [1.82, 2.24) is 10.3 Å². The number of halogens is 1. The van der Waals surface area contributed by atoms with E-state index in [-0.39, 0.29) is 11.7 Å². The van der Waals surface area contributed by atoms with Crippen LogP contribution >= 0.6 is 11.8 Å². The van der Waals surface area contributed by atoms with E-state index in [1.54, 1.807) is 12.1 Å². The normalized spacial score (nSPS) is 10.3. The summed E-state index contributed by atoms with van der Waals surface area (Å²) in [7, 11) is 0. The topological polar surface area (TPSA) is 44.9 Å².